The van der Waals surface area contributed by atoms with Gasteiger partial charge in [0.05, 0.1) is 11.9 Å². The number of anilines is 1. The Morgan fingerprint density at radius 2 is 2.08 bits per heavy atom. The van der Waals surface area contributed by atoms with E-state index < -0.39 is 0 Å². The second kappa shape index (κ2) is 7.60. The maximum Gasteiger partial charge on any atom is 0.223 e. The van der Waals surface area contributed by atoms with E-state index in [0.717, 1.165) is 31.7 Å². The molecule has 24 heavy (non-hydrogen) atoms. The number of nitriles is 1. The highest BCUT2D eigenvalue weighted by molar-refractivity contribution is 5.78. The minimum absolute atomic E-state index is 0.232. The van der Waals surface area contributed by atoms with Crippen LogP contribution < -0.4 is 5.32 Å². The Hall–Kier alpha value is -2.87. The zero-order valence-corrected chi connectivity index (χ0v) is 13.5. The summed E-state index contributed by atoms with van der Waals surface area (Å²) in [6, 6.07) is 15.8. The van der Waals surface area contributed by atoms with Crippen LogP contribution in [-0.2, 0) is 11.2 Å². The summed E-state index contributed by atoms with van der Waals surface area (Å²) in [5.41, 5.74) is 2.54. The van der Waals surface area contributed by atoms with Crippen molar-refractivity contribution in [1.29, 1.82) is 5.26 Å². The summed E-state index contributed by atoms with van der Waals surface area (Å²) in [5.74, 6) is 0.541. The number of aromatic nitrogens is 1. The molecule has 0 radical (unpaired) electrons. The van der Waals surface area contributed by atoms with Gasteiger partial charge in [-0.3, -0.25) is 4.79 Å². The van der Waals surface area contributed by atoms with Gasteiger partial charge < -0.3 is 10.2 Å². The van der Waals surface area contributed by atoms with Crippen molar-refractivity contribution in [3.63, 3.8) is 0 Å². The lowest BCUT2D eigenvalue weighted by molar-refractivity contribution is -0.127. The van der Waals surface area contributed by atoms with Crippen molar-refractivity contribution in [1.82, 2.24) is 9.88 Å². The lowest BCUT2D eigenvalue weighted by atomic mass is 10.1. The number of amides is 1. The summed E-state index contributed by atoms with van der Waals surface area (Å²) in [6.45, 7) is 2.31. The Morgan fingerprint density at radius 1 is 1.25 bits per heavy atom. The highest BCUT2D eigenvalue weighted by Crippen LogP contribution is 2.19. The number of nitrogens with zero attached hydrogens (tertiary/aromatic N) is 3. The summed E-state index contributed by atoms with van der Waals surface area (Å²) >= 11 is 0. The molecule has 0 unspecified atom stereocenters. The van der Waals surface area contributed by atoms with E-state index in [-0.39, 0.29) is 5.91 Å². The summed E-state index contributed by atoms with van der Waals surface area (Å²) in [5, 5.41) is 12.0. The van der Waals surface area contributed by atoms with Crippen LogP contribution in [0.15, 0.2) is 48.7 Å². The number of carbonyl (C=O) groups is 1. The minimum Gasteiger partial charge on any atom is -0.383 e. The fourth-order valence-corrected chi connectivity index (χ4v) is 2.94. The lowest BCUT2D eigenvalue weighted by Gasteiger charge is -2.17. The van der Waals surface area contributed by atoms with Gasteiger partial charge in [-0.05, 0) is 24.1 Å². The van der Waals surface area contributed by atoms with Crippen molar-refractivity contribution in [3.05, 3.63) is 59.9 Å². The number of likely N-dealkylation sites (tertiary alicyclic amines) is 1. The molecule has 1 atom stereocenters. The highest BCUT2D eigenvalue weighted by atomic mass is 16.2. The van der Waals surface area contributed by atoms with Crippen LogP contribution >= 0.6 is 0 Å². The number of carbonyl (C=O) groups excluding carboxylic acids is 1. The van der Waals surface area contributed by atoms with Crippen LogP contribution in [0.5, 0.6) is 0 Å². The molecular weight excluding hydrogens is 300 g/mol. The molecule has 2 heterocycles. The number of benzene rings is 1. The third-order valence-electron chi connectivity index (χ3n) is 4.28. The molecule has 2 aromatic rings. The van der Waals surface area contributed by atoms with Crippen molar-refractivity contribution < 1.29 is 4.79 Å². The fraction of sp³-hybridized carbons (Fsp3) is 0.316. The van der Waals surface area contributed by atoms with E-state index in [9.17, 15) is 4.79 Å². The maximum absolute atomic E-state index is 12.2. The average molecular weight is 320 g/mol. The Balaban J connectivity index is 1.46. The molecule has 5 heteroatoms. The van der Waals surface area contributed by atoms with Crippen molar-refractivity contribution >= 4 is 11.6 Å². The summed E-state index contributed by atoms with van der Waals surface area (Å²) in [7, 11) is 0. The molecule has 1 saturated heterocycles. The molecule has 1 aromatic heterocycles. The zero-order valence-electron chi connectivity index (χ0n) is 13.5. The van der Waals surface area contributed by atoms with Crippen molar-refractivity contribution in [2.24, 2.45) is 5.92 Å². The molecule has 0 saturated carbocycles. The van der Waals surface area contributed by atoms with Crippen molar-refractivity contribution in [2.45, 2.75) is 12.8 Å². The lowest BCUT2D eigenvalue weighted by Crippen LogP contribution is -2.28. The standard InChI is InChI=1S/C19H20N4O/c20-11-17-6-7-18(13-22-17)21-12-16-10-19(24)23(14-16)9-8-15-4-2-1-3-5-15/h1-7,13,16,21H,8-10,12,14H2/t16-/m1/s1. The number of pyridine rings is 1. The Kier molecular flexibility index (Phi) is 5.07. The van der Waals surface area contributed by atoms with Gasteiger partial charge in [0.15, 0.2) is 0 Å². The molecular formula is C19H20N4O. The van der Waals surface area contributed by atoms with Gasteiger partial charge in [0.25, 0.3) is 0 Å². The molecule has 122 valence electrons. The summed E-state index contributed by atoms with van der Waals surface area (Å²) in [4.78, 5) is 18.1. The molecule has 1 fully saturated rings. The van der Waals surface area contributed by atoms with Gasteiger partial charge >= 0.3 is 0 Å². The van der Waals surface area contributed by atoms with E-state index in [1.165, 1.54) is 5.56 Å². The molecule has 1 aromatic carbocycles. The molecule has 1 N–H and O–H groups in total. The Bertz CT molecular complexity index is 721. The highest BCUT2D eigenvalue weighted by Gasteiger charge is 2.28. The number of hydrogen-bond acceptors (Lipinski definition) is 4. The number of nitrogens with one attached hydrogen (secondary N) is 1. The molecule has 5 nitrogen and oxygen atoms in total. The normalized spacial score (nSPS) is 16.9. The van der Waals surface area contributed by atoms with Gasteiger partial charge in [0, 0.05) is 32.0 Å². The minimum atomic E-state index is 0.232. The average Bonchev–Trinajstić information content (AvgIpc) is 2.99. The van der Waals surface area contributed by atoms with E-state index >= 15 is 0 Å². The summed E-state index contributed by atoms with van der Waals surface area (Å²) in [6.07, 6.45) is 3.14. The second-order valence-corrected chi connectivity index (χ2v) is 6.07. The number of hydrogen-bond donors (Lipinski definition) is 1. The third-order valence-corrected chi connectivity index (χ3v) is 4.28. The second-order valence-electron chi connectivity index (χ2n) is 6.07. The van der Waals surface area contributed by atoms with Crippen LogP contribution in [0, 0.1) is 17.2 Å². The first-order chi connectivity index (χ1) is 11.7. The Morgan fingerprint density at radius 3 is 2.79 bits per heavy atom. The first kappa shape index (κ1) is 16.0. The molecule has 0 aliphatic carbocycles. The first-order valence-corrected chi connectivity index (χ1v) is 8.16. The van der Waals surface area contributed by atoms with Crippen molar-refractivity contribution in [3.8, 4) is 6.07 Å². The van der Waals surface area contributed by atoms with E-state index in [4.69, 9.17) is 5.26 Å². The third kappa shape index (κ3) is 4.11. The molecule has 3 rings (SSSR count). The van der Waals surface area contributed by atoms with Gasteiger partial charge in [-0.25, -0.2) is 4.98 Å². The first-order valence-electron chi connectivity index (χ1n) is 8.16. The summed E-state index contributed by atoms with van der Waals surface area (Å²) < 4.78 is 0. The Labute approximate surface area is 141 Å². The van der Waals surface area contributed by atoms with E-state index in [2.05, 4.69) is 22.4 Å². The largest absolute Gasteiger partial charge is 0.383 e. The smallest absolute Gasteiger partial charge is 0.223 e. The van der Waals surface area contributed by atoms with Gasteiger partial charge in [0.2, 0.25) is 5.91 Å². The maximum atomic E-state index is 12.2. The van der Waals surface area contributed by atoms with Gasteiger partial charge in [-0.15, -0.1) is 0 Å². The van der Waals surface area contributed by atoms with Crippen LogP contribution in [0.1, 0.15) is 17.7 Å². The predicted octanol–water partition coefficient (Wildman–Crippen LogP) is 2.46. The topological polar surface area (TPSA) is 69.0 Å². The zero-order chi connectivity index (χ0) is 16.8. The van der Waals surface area contributed by atoms with Crippen LogP contribution in [0.2, 0.25) is 0 Å². The van der Waals surface area contributed by atoms with E-state index in [1.807, 2.05) is 35.2 Å². The van der Waals surface area contributed by atoms with Gasteiger partial charge in [0.1, 0.15) is 11.8 Å². The molecule has 1 aliphatic rings. The van der Waals surface area contributed by atoms with Gasteiger partial charge in [-0.2, -0.15) is 5.26 Å². The van der Waals surface area contributed by atoms with Crippen LogP contribution in [0.3, 0.4) is 0 Å². The molecule has 1 amide bonds. The van der Waals surface area contributed by atoms with E-state index in [1.54, 1.807) is 12.3 Å². The van der Waals surface area contributed by atoms with Crippen LogP contribution in [-0.4, -0.2) is 35.4 Å². The molecule has 0 spiro atoms. The molecule has 0 bridgehead atoms. The number of rotatable bonds is 6. The van der Waals surface area contributed by atoms with Crippen LogP contribution in [0.4, 0.5) is 5.69 Å². The fourth-order valence-electron chi connectivity index (χ4n) is 2.94. The van der Waals surface area contributed by atoms with E-state index in [0.29, 0.717) is 18.0 Å². The van der Waals surface area contributed by atoms with Crippen LogP contribution in [0.25, 0.3) is 0 Å². The SMILES string of the molecule is N#Cc1ccc(NC[C@H]2CC(=O)N(CCc3ccccc3)C2)cn1. The predicted molar refractivity (Wildman–Crippen MR) is 92.3 cm³/mol. The van der Waals surface area contributed by atoms with Crippen molar-refractivity contribution in [2.75, 3.05) is 25.0 Å². The quantitative estimate of drug-likeness (QED) is 0.887. The van der Waals surface area contributed by atoms with Gasteiger partial charge in [-0.1, -0.05) is 30.3 Å². The molecule has 1 aliphatic heterocycles. The monoisotopic (exact) mass is 320 g/mol.